The van der Waals surface area contributed by atoms with Crippen molar-refractivity contribution < 1.29 is 5.11 Å². The van der Waals surface area contributed by atoms with Gasteiger partial charge in [0.1, 0.15) is 23.6 Å². The van der Waals surface area contributed by atoms with Crippen molar-refractivity contribution in [3.8, 4) is 0 Å². The van der Waals surface area contributed by atoms with Gasteiger partial charge >= 0.3 is 0 Å². The van der Waals surface area contributed by atoms with Crippen LogP contribution < -0.4 is 5.73 Å². The molecule has 0 spiro atoms. The van der Waals surface area contributed by atoms with Crippen LogP contribution in [-0.4, -0.2) is 59.7 Å². The van der Waals surface area contributed by atoms with Gasteiger partial charge in [-0.3, -0.25) is 4.90 Å². The number of nitrogens with one attached hydrogen (secondary N) is 1. The van der Waals surface area contributed by atoms with E-state index in [0.29, 0.717) is 17.8 Å². The molecular formula is C34H47N7O. The lowest BCUT2D eigenvalue weighted by molar-refractivity contribution is 0.0351. The van der Waals surface area contributed by atoms with E-state index in [1.165, 1.54) is 57.0 Å². The van der Waals surface area contributed by atoms with E-state index in [1.807, 2.05) is 12.3 Å². The molecule has 0 radical (unpaired) electrons. The largest absolute Gasteiger partial charge is 0.391 e. The van der Waals surface area contributed by atoms with E-state index in [0.717, 1.165) is 65.5 Å². The van der Waals surface area contributed by atoms with E-state index in [2.05, 4.69) is 63.4 Å². The summed E-state index contributed by atoms with van der Waals surface area (Å²) >= 11 is 0. The Hall–Kier alpha value is -2.97. The average molecular weight is 570 g/mol. The third kappa shape index (κ3) is 5.44. The molecule has 1 aromatic carbocycles. The molecule has 0 bridgehead atoms. The number of aliphatic hydroxyl groups is 1. The van der Waals surface area contributed by atoms with Gasteiger partial charge < -0.3 is 20.4 Å². The Morgan fingerprint density at radius 1 is 1.02 bits per heavy atom. The molecule has 0 aliphatic heterocycles. The summed E-state index contributed by atoms with van der Waals surface area (Å²) in [4.78, 5) is 19.9. The van der Waals surface area contributed by atoms with Crippen molar-refractivity contribution in [1.29, 1.82) is 0 Å². The molecule has 3 saturated carbocycles. The van der Waals surface area contributed by atoms with E-state index in [-0.39, 0.29) is 17.6 Å². The van der Waals surface area contributed by atoms with Crippen molar-refractivity contribution in [2.75, 3.05) is 18.8 Å². The Kier molecular flexibility index (Phi) is 7.25. The minimum absolute atomic E-state index is 0.0461. The molecule has 4 aromatic rings. The summed E-state index contributed by atoms with van der Waals surface area (Å²) in [6, 6.07) is 9.37. The van der Waals surface area contributed by atoms with Crippen LogP contribution in [0.5, 0.6) is 0 Å². The fourth-order valence-corrected chi connectivity index (χ4v) is 7.73. The van der Waals surface area contributed by atoms with Crippen molar-refractivity contribution in [2.24, 2.45) is 17.8 Å². The van der Waals surface area contributed by atoms with Crippen LogP contribution in [0, 0.1) is 17.8 Å². The van der Waals surface area contributed by atoms with Gasteiger partial charge in [0.25, 0.3) is 0 Å². The molecule has 8 nitrogen and oxygen atoms in total. The van der Waals surface area contributed by atoms with Crippen LogP contribution in [0.3, 0.4) is 0 Å². The lowest BCUT2D eigenvalue weighted by Gasteiger charge is -2.46. The average Bonchev–Trinajstić information content (AvgIpc) is 3.60. The first-order valence-corrected chi connectivity index (χ1v) is 16.2. The number of aliphatic hydroxyl groups excluding tert-OH is 1. The van der Waals surface area contributed by atoms with E-state index in [9.17, 15) is 5.11 Å². The molecular weight excluding hydrogens is 522 g/mol. The van der Waals surface area contributed by atoms with Gasteiger partial charge in [-0.1, -0.05) is 33.3 Å². The van der Waals surface area contributed by atoms with Gasteiger partial charge in [0.05, 0.1) is 28.6 Å². The highest BCUT2D eigenvalue weighted by atomic mass is 16.3. The number of fused-ring (bicyclic) bond motifs is 2. The molecule has 4 N–H and O–H groups in total. The van der Waals surface area contributed by atoms with Crippen molar-refractivity contribution in [3.63, 3.8) is 0 Å². The number of nitrogens with two attached hydrogens (primary N) is 1. The van der Waals surface area contributed by atoms with Gasteiger partial charge in [-0.15, -0.1) is 0 Å². The maximum atomic E-state index is 11.1. The molecule has 0 unspecified atom stereocenters. The summed E-state index contributed by atoms with van der Waals surface area (Å²) in [5.74, 6) is 3.75. The normalized spacial score (nSPS) is 26.7. The second-order valence-corrected chi connectivity index (χ2v) is 14.6. The van der Waals surface area contributed by atoms with Crippen LogP contribution in [0.2, 0.25) is 0 Å². The summed E-state index contributed by atoms with van der Waals surface area (Å²) in [6.07, 6.45) is 14.0. The molecule has 0 amide bonds. The minimum Gasteiger partial charge on any atom is -0.391 e. The topological polar surface area (TPSA) is 109 Å². The quantitative estimate of drug-likeness (QED) is 0.228. The number of H-pyrrole nitrogens is 1. The summed E-state index contributed by atoms with van der Waals surface area (Å²) in [7, 11) is 0. The molecule has 3 aliphatic rings. The van der Waals surface area contributed by atoms with Crippen molar-refractivity contribution in [1.82, 2.24) is 29.4 Å². The van der Waals surface area contributed by atoms with Gasteiger partial charge in [-0.25, -0.2) is 15.0 Å². The molecule has 3 atom stereocenters. The Morgan fingerprint density at radius 2 is 1.83 bits per heavy atom. The summed E-state index contributed by atoms with van der Waals surface area (Å²) in [6.45, 7) is 9.10. The first kappa shape index (κ1) is 27.8. The van der Waals surface area contributed by atoms with Crippen molar-refractivity contribution in [3.05, 3.63) is 48.2 Å². The van der Waals surface area contributed by atoms with Crippen LogP contribution >= 0.6 is 0 Å². The third-order valence-electron chi connectivity index (χ3n) is 10.6. The van der Waals surface area contributed by atoms with E-state index >= 15 is 0 Å². The number of nitrogens with zero attached hydrogens (tertiary/aromatic N) is 5. The van der Waals surface area contributed by atoms with Crippen molar-refractivity contribution in [2.45, 2.75) is 102 Å². The van der Waals surface area contributed by atoms with Gasteiger partial charge in [0, 0.05) is 31.7 Å². The predicted octanol–water partition coefficient (Wildman–Crippen LogP) is 6.01. The van der Waals surface area contributed by atoms with Gasteiger partial charge in [0.2, 0.25) is 0 Å². The van der Waals surface area contributed by atoms with Gasteiger partial charge in [0.15, 0.2) is 0 Å². The molecule has 3 fully saturated rings. The van der Waals surface area contributed by atoms with Crippen molar-refractivity contribution >= 4 is 27.9 Å². The SMILES string of the molecule is CC(C)(C)c1ccc2nc(CCC3CC(N(CC4CCC4)C[C@@H]4C[C@@H](O)[C@H](n5ccc6c(N)ncnc65)C4)C3)[nH]c2c1. The maximum Gasteiger partial charge on any atom is 0.145 e. The third-order valence-corrected chi connectivity index (χ3v) is 10.6. The Balaban J connectivity index is 0.961. The number of nitrogen functional groups attached to an aromatic ring is 1. The molecule has 3 aliphatic carbocycles. The number of anilines is 1. The lowest BCUT2D eigenvalue weighted by atomic mass is 9.75. The first-order valence-electron chi connectivity index (χ1n) is 16.2. The molecule has 0 saturated heterocycles. The van der Waals surface area contributed by atoms with Crippen LogP contribution in [0.1, 0.15) is 89.6 Å². The zero-order valence-electron chi connectivity index (χ0n) is 25.5. The number of aromatic nitrogens is 5. The zero-order chi connectivity index (χ0) is 29.0. The fraction of sp³-hybridized carbons (Fsp3) is 0.618. The minimum atomic E-state index is -0.357. The molecule has 3 heterocycles. The highest BCUT2D eigenvalue weighted by molar-refractivity contribution is 5.86. The number of benzene rings is 1. The number of hydrogen-bond acceptors (Lipinski definition) is 6. The molecule has 42 heavy (non-hydrogen) atoms. The number of rotatable bonds is 9. The summed E-state index contributed by atoms with van der Waals surface area (Å²) < 4.78 is 2.13. The fourth-order valence-electron chi connectivity index (χ4n) is 7.73. The standard InChI is InChI=1S/C34H47N7O/c1-34(2,3)24-8-9-27-28(17-24)39-31(38-27)10-7-22-13-25(14-22)40(18-21-5-4-6-21)19-23-15-29(30(42)16-23)41-12-11-26-32(35)36-20-37-33(26)41/h8-9,11-12,17,20-23,25,29-30,42H,4-7,10,13-16,18-19H2,1-3H3,(H,38,39)(H2,35,36,37)/t22?,23-,25?,29+,30+/m0/s1. The lowest BCUT2D eigenvalue weighted by Crippen LogP contribution is -2.49. The first-order chi connectivity index (χ1) is 20.2. The van der Waals surface area contributed by atoms with Crippen LogP contribution in [0.4, 0.5) is 5.82 Å². The predicted molar refractivity (Wildman–Crippen MR) is 168 cm³/mol. The van der Waals surface area contributed by atoms with Crippen LogP contribution in [0.25, 0.3) is 22.1 Å². The molecule has 224 valence electrons. The molecule has 7 rings (SSSR count). The Labute approximate surface area is 249 Å². The molecule has 8 heteroatoms. The maximum absolute atomic E-state index is 11.1. The highest BCUT2D eigenvalue weighted by Crippen LogP contribution is 2.42. The van der Waals surface area contributed by atoms with Gasteiger partial charge in [-0.05, 0) is 91.9 Å². The Bertz CT molecular complexity index is 1540. The second-order valence-electron chi connectivity index (χ2n) is 14.6. The van der Waals surface area contributed by atoms with E-state index in [1.54, 1.807) is 0 Å². The number of imidazole rings is 1. The van der Waals surface area contributed by atoms with Crippen LogP contribution in [0.15, 0.2) is 36.8 Å². The highest BCUT2D eigenvalue weighted by Gasteiger charge is 2.40. The number of hydrogen-bond donors (Lipinski definition) is 3. The number of aryl methyl sites for hydroxylation is 1. The van der Waals surface area contributed by atoms with Gasteiger partial charge in [-0.2, -0.15) is 0 Å². The molecule has 3 aromatic heterocycles. The smallest absolute Gasteiger partial charge is 0.145 e. The summed E-state index contributed by atoms with van der Waals surface area (Å²) in [5.41, 5.74) is 10.6. The number of aromatic amines is 1. The Morgan fingerprint density at radius 3 is 2.60 bits per heavy atom. The zero-order valence-corrected chi connectivity index (χ0v) is 25.5. The van der Waals surface area contributed by atoms with E-state index < -0.39 is 0 Å². The van der Waals surface area contributed by atoms with E-state index in [4.69, 9.17) is 10.7 Å². The summed E-state index contributed by atoms with van der Waals surface area (Å²) in [5, 5.41) is 12.0. The second kappa shape index (κ2) is 10.9. The van der Waals surface area contributed by atoms with Crippen LogP contribution in [-0.2, 0) is 11.8 Å². The monoisotopic (exact) mass is 569 g/mol.